The molecular formula is C28H36F3N5O3. The van der Waals surface area contributed by atoms with Gasteiger partial charge >= 0.3 is 6.18 Å². The molecule has 11 heteroatoms. The maximum Gasteiger partial charge on any atom is 0.435 e. The van der Waals surface area contributed by atoms with Crippen LogP contribution in [0.25, 0.3) is 0 Å². The van der Waals surface area contributed by atoms with Crippen LogP contribution in [0, 0.1) is 18.8 Å². The van der Waals surface area contributed by atoms with Gasteiger partial charge in [-0.05, 0) is 55.7 Å². The van der Waals surface area contributed by atoms with E-state index in [4.69, 9.17) is 4.74 Å². The van der Waals surface area contributed by atoms with E-state index in [1.165, 1.54) is 7.05 Å². The number of hydrogen-bond acceptors (Lipinski definition) is 5. The SMILES string of the molecule is Cc1ccc(OCc2nnn(C)c2C(F)(F)F)c2c1CCN(C(=O)[C@@H]1CCCC[C@@H]1C)[C@@H]2CN1CCCC1=O. The zero-order valence-corrected chi connectivity index (χ0v) is 22.8. The highest BCUT2D eigenvalue weighted by Gasteiger charge is 2.42. The van der Waals surface area contributed by atoms with Gasteiger partial charge < -0.3 is 14.5 Å². The minimum Gasteiger partial charge on any atom is -0.487 e. The summed E-state index contributed by atoms with van der Waals surface area (Å²) in [5, 5.41) is 7.25. The molecular weight excluding hydrogens is 511 g/mol. The summed E-state index contributed by atoms with van der Waals surface area (Å²) in [4.78, 5) is 30.4. The van der Waals surface area contributed by atoms with E-state index in [1.807, 2.05) is 17.9 Å². The average Bonchev–Trinajstić information content (AvgIpc) is 3.48. The Balaban J connectivity index is 1.51. The summed E-state index contributed by atoms with van der Waals surface area (Å²) >= 11 is 0. The van der Waals surface area contributed by atoms with Crippen molar-refractivity contribution in [3.63, 3.8) is 0 Å². The highest BCUT2D eigenvalue weighted by Crippen LogP contribution is 2.42. The number of halogens is 3. The van der Waals surface area contributed by atoms with Crippen molar-refractivity contribution in [1.82, 2.24) is 24.8 Å². The zero-order valence-electron chi connectivity index (χ0n) is 22.8. The fourth-order valence-corrected chi connectivity index (χ4v) is 6.57. The van der Waals surface area contributed by atoms with Gasteiger partial charge in [0, 0.05) is 44.6 Å². The molecule has 0 unspecified atom stereocenters. The summed E-state index contributed by atoms with van der Waals surface area (Å²) in [6.45, 7) is 5.22. The van der Waals surface area contributed by atoms with Crippen LogP contribution in [-0.2, 0) is 35.8 Å². The summed E-state index contributed by atoms with van der Waals surface area (Å²) in [5.74, 6) is 0.795. The van der Waals surface area contributed by atoms with Crippen molar-refractivity contribution in [1.29, 1.82) is 0 Å². The van der Waals surface area contributed by atoms with Gasteiger partial charge in [0.15, 0.2) is 5.69 Å². The van der Waals surface area contributed by atoms with E-state index in [0.29, 0.717) is 42.9 Å². The van der Waals surface area contributed by atoms with Crippen molar-refractivity contribution < 1.29 is 27.5 Å². The van der Waals surface area contributed by atoms with Crippen LogP contribution in [0.5, 0.6) is 5.75 Å². The molecule has 5 rings (SSSR count). The Kier molecular flexibility index (Phi) is 7.61. The number of alkyl halides is 3. The van der Waals surface area contributed by atoms with Crippen LogP contribution in [0.2, 0.25) is 0 Å². The topological polar surface area (TPSA) is 80.6 Å². The van der Waals surface area contributed by atoms with E-state index in [9.17, 15) is 22.8 Å². The predicted octanol–water partition coefficient (Wildman–Crippen LogP) is 4.60. The third-order valence-electron chi connectivity index (χ3n) is 8.67. The van der Waals surface area contributed by atoms with E-state index >= 15 is 0 Å². The smallest absolute Gasteiger partial charge is 0.435 e. The van der Waals surface area contributed by atoms with Gasteiger partial charge in [0.1, 0.15) is 18.1 Å². The van der Waals surface area contributed by atoms with Gasteiger partial charge in [0.25, 0.3) is 0 Å². The van der Waals surface area contributed by atoms with Crippen molar-refractivity contribution in [3.8, 4) is 5.75 Å². The van der Waals surface area contributed by atoms with Crippen molar-refractivity contribution in [3.05, 3.63) is 40.2 Å². The molecule has 1 saturated heterocycles. The molecule has 2 amide bonds. The predicted molar refractivity (Wildman–Crippen MR) is 137 cm³/mol. The van der Waals surface area contributed by atoms with E-state index in [1.54, 1.807) is 11.0 Å². The number of aromatic nitrogens is 3. The molecule has 39 heavy (non-hydrogen) atoms. The van der Waals surface area contributed by atoms with Crippen LogP contribution in [0.1, 0.15) is 79.6 Å². The van der Waals surface area contributed by atoms with Crippen LogP contribution >= 0.6 is 0 Å². The lowest BCUT2D eigenvalue weighted by atomic mass is 9.78. The molecule has 3 atom stereocenters. The first kappa shape index (κ1) is 27.5. The lowest BCUT2D eigenvalue weighted by Gasteiger charge is -2.43. The van der Waals surface area contributed by atoms with Gasteiger partial charge in [-0.1, -0.05) is 31.0 Å². The number of ether oxygens (including phenoxy) is 1. The lowest BCUT2D eigenvalue weighted by molar-refractivity contribution is -0.145. The number of benzene rings is 1. The molecule has 2 aliphatic heterocycles. The average molecular weight is 548 g/mol. The van der Waals surface area contributed by atoms with Gasteiger partial charge in [0.2, 0.25) is 11.8 Å². The fourth-order valence-electron chi connectivity index (χ4n) is 6.57. The third-order valence-corrected chi connectivity index (χ3v) is 8.67. The monoisotopic (exact) mass is 547 g/mol. The number of carbonyl (C=O) groups is 2. The first-order chi connectivity index (χ1) is 18.6. The van der Waals surface area contributed by atoms with Crippen molar-refractivity contribution in [2.75, 3.05) is 19.6 Å². The van der Waals surface area contributed by atoms with Crippen LogP contribution in [-0.4, -0.2) is 56.2 Å². The third kappa shape index (κ3) is 5.36. The maximum atomic E-state index is 14.0. The molecule has 0 N–H and O–H groups in total. The number of hydrogen-bond donors (Lipinski definition) is 0. The number of nitrogens with zero attached hydrogens (tertiary/aromatic N) is 5. The number of rotatable bonds is 6. The van der Waals surface area contributed by atoms with E-state index in [-0.39, 0.29) is 29.3 Å². The highest BCUT2D eigenvalue weighted by molar-refractivity contribution is 5.81. The Morgan fingerprint density at radius 1 is 1.13 bits per heavy atom. The van der Waals surface area contributed by atoms with Gasteiger partial charge in [-0.2, -0.15) is 13.2 Å². The van der Waals surface area contributed by atoms with E-state index in [2.05, 4.69) is 17.2 Å². The normalized spacial score (nSPS) is 23.7. The number of fused-ring (bicyclic) bond motifs is 1. The Morgan fingerprint density at radius 3 is 2.59 bits per heavy atom. The summed E-state index contributed by atoms with van der Waals surface area (Å²) in [6, 6.07) is 3.22. The first-order valence-electron chi connectivity index (χ1n) is 13.9. The summed E-state index contributed by atoms with van der Waals surface area (Å²) in [5.41, 5.74) is 1.59. The molecule has 212 valence electrons. The summed E-state index contributed by atoms with van der Waals surface area (Å²) in [6.07, 6.45) is 1.27. The largest absolute Gasteiger partial charge is 0.487 e. The zero-order chi connectivity index (χ0) is 27.9. The fraction of sp³-hybridized carbons (Fsp3) is 0.643. The number of carbonyl (C=O) groups excluding carboxylic acids is 2. The molecule has 2 aromatic rings. The van der Waals surface area contributed by atoms with E-state index < -0.39 is 24.5 Å². The Morgan fingerprint density at radius 2 is 1.90 bits per heavy atom. The van der Waals surface area contributed by atoms with Crippen molar-refractivity contribution in [2.45, 2.75) is 77.6 Å². The maximum absolute atomic E-state index is 14.0. The van der Waals surface area contributed by atoms with Crippen molar-refractivity contribution in [2.24, 2.45) is 18.9 Å². The molecule has 1 aromatic heterocycles. The number of aryl methyl sites for hydroxylation is 2. The van der Waals surface area contributed by atoms with Crippen LogP contribution in [0.15, 0.2) is 12.1 Å². The molecule has 0 radical (unpaired) electrons. The van der Waals surface area contributed by atoms with E-state index in [0.717, 1.165) is 48.8 Å². The van der Waals surface area contributed by atoms with Crippen LogP contribution in [0.4, 0.5) is 13.2 Å². The molecule has 0 bridgehead atoms. The van der Waals surface area contributed by atoms with Crippen LogP contribution < -0.4 is 4.74 Å². The highest BCUT2D eigenvalue weighted by atomic mass is 19.4. The molecule has 3 heterocycles. The molecule has 1 aliphatic carbocycles. The van der Waals surface area contributed by atoms with Crippen LogP contribution in [0.3, 0.4) is 0 Å². The molecule has 2 fully saturated rings. The summed E-state index contributed by atoms with van der Waals surface area (Å²) < 4.78 is 47.7. The van der Waals surface area contributed by atoms with Gasteiger partial charge in [-0.3, -0.25) is 9.59 Å². The second kappa shape index (κ2) is 10.8. The van der Waals surface area contributed by atoms with Gasteiger partial charge in [0.05, 0.1) is 6.04 Å². The molecule has 1 aromatic carbocycles. The number of likely N-dealkylation sites (tertiary alicyclic amines) is 1. The Bertz CT molecular complexity index is 1240. The molecule has 8 nitrogen and oxygen atoms in total. The van der Waals surface area contributed by atoms with Gasteiger partial charge in [-0.25, -0.2) is 4.68 Å². The first-order valence-corrected chi connectivity index (χ1v) is 13.9. The Hall–Kier alpha value is -3.11. The van der Waals surface area contributed by atoms with Crippen molar-refractivity contribution >= 4 is 11.8 Å². The standard InChI is InChI=1S/C28H36F3N5O3/c1-17-7-4-5-8-20(17)27(38)36-14-12-19-18(2)10-11-23(25(19)22(36)15-35-13-6-9-24(35)37)39-16-21-26(28(29,30)31)34(3)33-32-21/h10-11,17,20,22H,4-9,12-16H2,1-3H3/t17-,20+,22+/m0/s1. The quantitative estimate of drug-likeness (QED) is 0.528. The summed E-state index contributed by atoms with van der Waals surface area (Å²) in [7, 11) is 1.20. The second-order valence-corrected chi connectivity index (χ2v) is 11.2. The minimum absolute atomic E-state index is 0.0602. The van der Waals surface area contributed by atoms with Gasteiger partial charge in [-0.15, -0.1) is 5.10 Å². The molecule has 1 saturated carbocycles. The molecule has 0 spiro atoms. The number of amides is 2. The minimum atomic E-state index is -4.62. The second-order valence-electron chi connectivity index (χ2n) is 11.2. The molecule has 3 aliphatic rings. The lowest BCUT2D eigenvalue weighted by Crippen LogP contribution is -2.49. The Labute approximate surface area is 226 Å².